The molecule has 0 radical (unpaired) electrons. The Hall–Kier alpha value is -2.64. The fourth-order valence-corrected chi connectivity index (χ4v) is 3.84. The topological polar surface area (TPSA) is 49.5 Å². The zero-order chi connectivity index (χ0) is 21.5. The molecule has 160 valence electrons. The fraction of sp³-hybridized carbons (Fsp3) is 0.348. The van der Waals surface area contributed by atoms with Crippen molar-refractivity contribution >= 4 is 28.2 Å². The zero-order valence-corrected chi connectivity index (χ0v) is 18.4. The van der Waals surface area contributed by atoms with Crippen molar-refractivity contribution < 1.29 is 13.9 Å². The van der Waals surface area contributed by atoms with Crippen LogP contribution in [0.3, 0.4) is 0 Å². The van der Waals surface area contributed by atoms with E-state index in [-0.39, 0.29) is 5.82 Å². The van der Waals surface area contributed by atoms with Gasteiger partial charge in [-0.25, -0.2) is 4.39 Å². The largest absolute Gasteiger partial charge is 0.496 e. The number of aryl methyl sites for hydroxylation is 1. The van der Waals surface area contributed by atoms with Crippen LogP contribution in [0.1, 0.15) is 16.8 Å². The third kappa shape index (κ3) is 5.29. The number of aromatic nitrogens is 1. The maximum atomic E-state index is 13.8. The van der Waals surface area contributed by atoms with Gasteiger partial charge in [0, 0.05) is 48.9 Å². The molecule has 1 aromatic heterocycles. The minimum Gasteiger partial charge on any atom is -0.496 e. The molecule has 0 bridgehead atoms. The van der Waals surface area contributed by atoms with Crippen LogP contribution in [0.25, 0.3) is 10.9 Å². The van der Waals surface area contributed by atoms with Crippen LogP contribution in [-0.2, 0) is 17.7 Å². The number of thiocarbonyl (C=S) groups is 1. The number of rotatable bonds is 9. The lowest BCUT2D eigenvalue weighted by Crippen LogP contribution is -2.41. The number of hydrogen-bond acceptors (Lipinski definition) is 3. The summed E-state index contributed by atoms with van der Waals surface area (Å²) in [6, 6.07) is 12.8. The summed E-state index contributed by atoms with van der Waals surface area (Å²) in [5.41, 5.74) is 4.15. The van der Waals surface area contributed by atoms with Gasteiger partial charge in [0.15, 0.2) is 5.11 Å². The molecule has 7 heteroatoms. The lowest BCUT2D eigenvalue weighted by Gasteiger charge is -2.27. The highest BCUT2D eigenvalue weighted by Gasteiger charge is 2.16. The number of hydrogen-bond donors (Lipinski definition) is 2. The van der Waals surface area contributed by atoms with Crippen LogP contribution in [0.15, 0.2) is 42.5 Å². The van der Waals surface area contributed by atoms with E-state index in [1.807, 2.05) is 31.2 Å². The SMILES string of the molecule is COCCNC(=S)N(CCc1c(C)[nH]c2ccc(F)cc12)Cc1ccccc1OC. The van der Waals surface area contributed by atoms with Crippen molar-refractivity contribution in [2.45, 2.75) is 19.9 Å². The Kier molecular flexibility index (Phi) is 7.65. The highest BCUT2D eigenvalue weighted by atomic mass is 32.1. The van der Waals surface area contributed by atoms with Crippen molar-refractivity contribution in [2.75, 3.05) is 33.9 Å². The van der Waals surface area contributed by atoms with E-state index in [4.69, 9.17) is 21.7 Å². The summed E-state index contributed by atoms with van der Waals surface area (Å²) in [4.78, 5) is 5.46. The first-order valence-electron chi connectivity index (χ1n) is 9.93. The number of aromatic amines is 1. The molecule has 0 amide bonds. The first kappa shape index (κ1) is 22.1. The van der Waals surface area contributed by atoms with E-state index in [9.17, 15) is 4.39 Å². The highest BCUT2D eigenvalue weighted by molar-refractivity contribution is 7.80. The molecule has 0 saturated carbocycles. The van der Waals surface area contributed by atoms with Crippen LogP contribution in [0.2, 0.25) is 0 Å². The van der Waals surface area contributed by atoms with Crippen LogP contribution in [0.5, 0.6) is 5.75 Å². The van der Waals surface area contributed by atoms with Gasteiger partial charge in [0.05, 0.1) is 13.7 Å². The molecule has 2 N–H and O–H groups in total. The number of benzene rings is 2. The lowest BCUT2D eigenvalue weighted by molar-refractivity contribution is 0.203. The molecule has 1 heterocycles. The zero-order valence-electron chi connectivity index (χ0n) is 17.6. The van der Waals surface area contributed by atoms with Gasteiger partial charge < -0.3 is 24.7 Å². The van der Waals surface area contributed by atoms with Gasteiger partial charge in [-0.05, 0) is 55.4 Å². The van der Waals surface area contributed by atoms with Gasteiger partial charge in [-0.1, -0.05) is 18.2 Å². The predicted molar refractivity (Wildman–Crippen MR) is 123 cm³/mol. The van der Waals surface area contributed by atoms with Crippen LogP contribution < -0.4 is 10.1 Å². The van der Waals surface area contributed by atoms with Crippen LogP contribution in [-0.4, -0.2) is 48.9 Å². The van der Waals surface area contributed by atoms with E-state index >= 15 is 0 Å². The van der Waals surface area contributed by atoms with Gasteiger partial charge in [-0.2, -0.15) is 0 Å². The Bertz CT molecular complexity index is 1010. The van der Waals surface area contributed by atoms with Crippen molar-refractivity contribution in [3.05, 3.63) is 65.1 Å². The van der Waals surface area contributed by atoms with Crippen molar-refractivity contribution in [2.24, 2.45) is 0 Å². The number of halogens is 1. The molecule has 0 aliphatic carbocycles. The van der Waals surface area contributed by atoms with Crippen LogP contribution >= 0.6 is 12.2 Å². The lowest BCUT2D eigenvalue weighted by atomic mass is 10.1. The summed E-state index contributed by atoms with van der Waals surface area (Å²) < 4.78 is 24.4. The van der Waals surface area contributed by atoms with E-state index in [1.54, 1.807) is 26.4 Å². The van der Waals surface area contributed by atoms with Crippen LogP contribution in [0, 0.1) is 12.7 Å². The second-order valence-corrected chi connectivity index (χ2v) is 7.51. The number of H-pyrrole nitrogens is 1. The predicted octanol–water partition coefficient (Wildman–Crippen LogP) is 4.19. The molecule has 2 aromatic carbocycles. The molecule has 5 nitrogen and oxygen atoms in total. The van der Waals surface area contributed by atoms with E-state index < -0.39 is 0 Å². The summed E-state index contributed by atoms with van der Waals surface area (Å²) in [5, 5.41) is 4.83. The smallest absolute Gasteiger partial charge is 0.169 e. The minimum atomic E-state index is -0.231. The monoisotopic (exact) mass is 429 g/mol. The Balaban J connectivity index is 1.81. The molecule has 0 atom stereocenters. The van der Waals surface area contributed by atoms with Gasteiger partial charge in [0.2, 0.25) is 0 Å². The molecular weight excluding hydrogens is 401 g/mol. The summed E-state index contributed by atoms with van der Waals surface area (Å²) in [7, 11) is 3.33. The molecule has 0 aliphatic heterocycles. The van der Waals surface area contributed by atoms with E-state index in [0.29, 0.717) is 31.4 Å². The molecule has 0 unspecified atom stereocenters. The Morgan fingerprint density at radius 2 is 2.00 bits per heavy atom. The average molecular weight is 430 g/mol. The Labute approximate surface area is 182 Å². The second kappa shape index (κ2) is 10.4. The van der Waals surface area contributed by atoms with Crippen LogP contribution in [0.4, 0.5) is 4.39 Å². The minimum absolute atomic E-state index is 0.231. The molecule has 0 fully saturated rings. The number of para-hydroxylation sites is 1. The number of ether oxygens (including phenoxy) is 2. The van der Waals surface area contributed by atoms with Gasteiger partial charge in [-0.3, -0.25) is 0 Å². The van der Waals surface area contributed by atoms with Gasteiger partial charge >= 0.3 is 0 Å². The van der Waals surface area contributed by atoms with Crippen molar-refractivity contribution in [1.82, 2.24) is 15.2 Å². The number of methoxy groups -OCH3 is 2. The van der Waals surface area contributed by atoms with Crippen molar-refractivity contribution in [1.29, 1.82) is 0 Å². The molecule has 0 spiro atoms. The van der Waals surface area contributed by atoms with Gasteiger partial charge in [0.25, 0.3) is 0 Å². The maximum Gasteiger partial charge on any atom is 0.169 e. The molecule has 0 saturated heterocycles. The molecule has 3 rings (SSSR count). The normalized spacial score (nSPS) is 10.9. The molecule has 30 heavy (non-hydrogen) atoms. The first-order valence-corrected chi connectivity index (χ1v) is 10.3. The van der Waals surface area contributed by atoms with E-state index in [0.717, 1.165) is 39.9 Å². The van der Waals surface area contributed by atoms with Gasteiger partial charge in [-0.15, -0.1) is 0 Å². The van der Waals surface area contributed by atoms with E-state index in [1.165, 1.54) is 6.07 Å². The Morgan fingerprint density at radius 3 is 2.77 bits per heavy atom. The van der Waals surface area contributed by atoms with Crippen molar-refractivity contribution in [3.63, 3.8) is 0 Å². The molecular formula is C23H28FN3O2S. The Morgan fingerprint density at radius 1 is 1.20 bits per heavy atom. The summed E-state index contributed by atoms with van der Waals surface area (Å²) in [6.07, 6.45) is 0.733. The number of nitrogens with one attached hydrogen (secondary N) is 2. The first-order chi connectivity index (χ1) is 14.5. The summed E-state index contributed by atoms with van der Waals surface area (Å²) in [5.74, 6) is 0.595. The number of nitrogens with zero attached hydrogens (tertiary/aromatic N) is 1. The highest BCUT2D eigenvalue weighted by Crippen LogP contribution is 2.25. The van der Waals surface area contributed by atoms with E-state index in [2.05, 4.69) is 15.2 Å². The number of fused-ring (bicyclic) bond motifs is 1. The average Bonchev–Trinajstić information content (AvgIpc) is 3.05. The maximum absolute atomic E-state index is 13.8. The second-order valence-electron chi connectivity index (χ2n) is 7.13. The standard InChI is InChI=1S/C23H28FN3O2S/c1-16-19(20-14-18(24)8-9-21(20)26-16)10-12-27(23(30)25-11-13-28-2)15-17-6-4-5-7-22(17)29-3/h4-9,14,26H,10-13,15H2,1-3H3,(H,25,30). The molecule has 3 aromatic rings. The van der Waals surface area contributed by atoms with Gasteiger partial charge in [0.1, 0.15) is 11.6 Å². The van der Waals surface area contributed by atoms with Crippen molar-refractivity contribution in [3.8, 4) is 5.75 Å². The third-order valence-electron chi connectivity index (χ3n) is 5.14. The third-order valence-corrected chi connectivity index (χ3v) is 5.54. The summed E-state index contributed by atoms with van der Waals surface area (Å²) in [6.45, 7) is 4.52. The fourth-order valence-electron chi connectivity index (χ4n) is 3.59. The summed E-state index contributed by atoms with van der Waals surface area (Å²) >= 11 is 5.66. The molecule has 0 aliphatic rings. The quantitative estimate of drug-likeness (QED) is 0.395.